The number of para-hydroxylation sites is 1. The summed E-state index contributed by atoms with van der Waals surface area (Å²) in [4.78, 5) is 22.2. The van der Waals surface area contributed by atoms with Gasteiger partial charge in [0, 0.05) is 31.5 Å². The van der Waals surface area contributed by atoms with Crippen molar-refractivity contribution in [2.24, 2.45) is 0 Å². The maximum atomic E-state index is 13.5. The lowest BCUT2D eigenvalue weighted by Crippen LogP contribution is -2.40. The summed E-state index contributed by atoms with van der Waals surface area (Å²) in [6.45, 7) is 4.82. The third-order valence-corrected chi connectivity index (χ3v) is 6.05. The standard InChI is InChI=1S/C25H25N3O2/c1-18-7-2-4-9-20(18)23-17-27(15-16-30-23)24-21(10-6-13-26-24)25(29)28-14-12-19-8-3-5-11-22(19)28/h2-11,13,23H,12,14-17H2,1H3. The Morgan fingerprint density at radius 3 is 2.77 bits per heavy atom. The van der Waals surface area contributed by atoms with E-state index in [0.29, 0.717) is 25.3 Å². The highest BCUT2D eigenvalue weighted by Crippen LogP contribution is 2.32. The van der Waals surface area contributed by atoms with Gasteiger partial charge in [0.05, 0.1) is 12.2 Å². The first-order chi connectivity index (χ1) is 14.7. The van der Waals surface area contributed by atoms with Gasteiger partial charge in [0.15, 0.2) is 0 Å². The van der Waals surface area contributed by atoms with Gasteiger partial charge in [-0.05, 0) is 48.2 Å². The summed E-state index contributed by atoms with van der Waals surface area (Å²) < 4.78 is 6.08. The molecule has 1 fully saturated rings. The van der Waals surface area contributed by atoms with Gasteiger partial charge in [0.25, 0.3) is 5.91 Å². The van der Waals surface area contributed by atoms with E-state index in [0.717, 1.165) is 24.5 Å². The molecule has 5 rings (SSSR count). The molecular weight excluding hydrogens is 374 g/mol. The van der Waals surface area contributed by atoms with Crippen LogP contribution in [0, 0.1) is 6.92 Å². The summed E-state index contributed by atoms with van der Waals surface area (Å²) in [5, 5.41) is 0. The minimum atomic E-state index is -0.0302. The van der Waals surface area contributed by atoms with Crippen molar-refractivity contribution in [3.05, 3.63) is 89.1 Å². The van der Waals surface area contributed by atoms with Crippen molar-refractivity contribution in [1.82, 2.24) is 4.98 Å². The van der Waals surface area contributed by atoms with Crippen molar-refractivity contribution in [3.63, 3.8) is 0 Å². The van der Waals surface area contributed by atoms with Crippen LogP contribution in [-0.4, -0.2) is 37.1 Å². The Balaban J connectivity index is 1.44. The van der Waals surface area contributed by atoms with E-state index < -0.39 is 0 Å². The molecule has 0 aliphatic carbocycles. The lowest BCUT2D eigenvalue weighted by Gasteiger charge is -2.35. The zero-order chi connectivity index (χ0) is 20.5. The van der Waals surface area contributed by atoms with Gasteiger partial charge in [-0.3, -0.25) is 4.79 Å². The van der Waals surface area contributed by atoms with Crippen molar-refractivity contribution >= 4 is 17.4 Å². The fraction of sp³-hybridized carbons (Fsp3) is 0.280. The molecule has 2 aliphatic heterocycles. The van der Waals surface area contributed by atoms with Crippen molar-refractivity contribution in [1.29, 1.82) is 0 Å². The zero-order valence-electron chi connectivity index (χ0n) is 17.1. The van der Waals surface area contributed by atoms with Crippen LogP contribution in [0.15, 0.2) is 66.9 Å². The fourth-order valence-corrected chi connectivity index (χ4v) is 4.49. The van der Waals surface area contributed by atoms with E-state index in [1.807, 2.05) is 47.4 Å². The topological polar surface area (TPSA) is 45.7 Å². The Hall–Kier alpha value is -3.18. The number of hydrogen-bond donors (Lipinski definition) is 0. The third kappa shape index (κ3) is 3.35. The van der Waals surface area contributed by atoms with Gasteiger partial charge < -0.3 is 14.5 Å². The lowest BCUT2D eigenvalue weighted by molar-refractivity contribution is 0.0390. The lowest BCUT2D eigenvalue weighted by atomic mass is 10.0. The second-order valence-electron chi connectivity index (χ2n) is 7.87. The third-order valence-electron chi connectivity index (χ3n) is 6.05. The van der Waals surface area contributed by atoms with E-state index in [2.05, 4.69) is 35.0 Å². The molecule has 1 unspecified atom stereocenters. The predicted octanol–water partition coefficient (Wildman–Crippen LogP) is 4.17. The first-order valence-electron chi connectivity index (χ1n) is 10.5. The highest BCUT2D eigenvalue weighted by Gasteiger charge is 2.30. The molecule has 0 bridgehead atoms. The quantitative estimate of drug-likeness (QED) is 0.663. The summed E-state index contributed by atoms with van der Waals surface area (Å²) >= 11 is 0. The first-order valence-corrected chi connectivity index (χ1v) is 10.5. The molecule has 30 heavy (non-hydrogen) atoms. The number of ether oxygens (including phenoxy) is 1. The maximum Gasteiger partial charge on any atom is 0.262 e. The predicted molar refractivity (Wildman–Crippen MR) is 118 cm³/mol. The second kappa shape index (κ2) is 7.92. The number of nitrogens with zero attached hydrogens (tertiary/aromatic N) is 3. The minimum Gasteiger partial charge on any atom is -0.370 e. The largest absolute Gasteiger partial charge is 0.370 e. The number of aromatic nitrogens is 1. The van der Waals surface area contributed by atoms with Gasteiger partial charge in [-0.15, -0.1) is 0 Å². The zero-order valence-corrected chi connectivity index (χ0v) is 17.1. The normalized spacial score (nSPS) is 18.4. The summed E-state index contributed by atoms with van der Waals surface area (Å²) in [6, 6.07) is 20.2. The van der Waals surface area contributed by atoms with Gasteiger partial charge in [-0.25, -0.2) is 4.98 Å². The number of benzene rings is 2. The monoisotopic (exact) mass is 399 g/mol. The van der Waals surface area contributed by atoms with Crippen LogP contribution in [0.2, 0.25) is 0 Å². The Kier molecular flexibility index (Phi) is 4.97. The Labute approximate surface area is 176 Å². The highest BCUT2D eigenvalue weighted by molar-refractivity contribution is 6.10. The van der Waals surface area contributed by atoms with Crippen LogP contribution in [0.3, 0.4) is 0 Å². The number of hydrogen-bond acceptors (Lipinski definition) is 4. The van der Waals surface area contributed by atoms with Crippen molar-refractivity contribution < 1.29 is 9.53 Å². The molecule has 152 valence electrons. The summed E-state index contributed by atoms with van der Waals surface area (Å²) in [5.74, 6) is 0.760. The molecule has 5 heteroatoms. The van der Waals surface area contributed by atoms with E-state index in [-0.39, 0.29) is 12.0 Å². The Morgan fingerprint density at radius 1 is 1.03 bits per heavy atom. The number of carbonyl (C=O) groups excluding carboxylic acids is 1. The van der Waals surface area contributed by atoms with Crippen LogP contribution in [0.5, 0.6) is 0 Å². The molecule has 3 aromatic rings. The number of carbonyl (C=O) groups is 1. The molecule has 0 spiro atoms. The second-order valence-corrected chi connectivity index (χ2v) is 7.87. The van der Waals surface area contributed by atoms with Crippen LogP contribution in [0.25, 0.3) is 0 Å². The van der Waals surface area contributed by atoms with E-state index in [1.165, 1.54) is 16.7 Å². The van der Waals surface area contributed by atoms with Crippen molar-refractivity contribution in [3.8, 4) is 0 Å². The van der Waals surface area contributed by atoms with Crippen LogP contribution in [-0.2, 0) is 11.2 Å². The fourth-order valence-electron chi connectivity index (χ4n) is 4.49. The summed E-state index contributed by atoms with van der Waals surface area (Å²) in [5.41, 5.74) is 5.30. The molecule has 2 aromatic carbocycles. The summed E-state index contributed by atoms with van der Waals surface area (Å²) in [7, 11) is 0. The van der Waals surface area contributed by atoms with E-state index in [9.17, 15) is 4.79 Å². The van der Waals surface area contributed by atoms with E-state index >= 15 is 0 Å². The molecule has 3 heterocycles. The number of morpholine rings is 1. The molecule has 5 nitrogen and oxygen atoms in total. The van der Waals surface area contributed by atoms with Crippen LogP contribution in [0.1, 0.15) is 33.2 Å². The molecular formula is C25H25N3O2. The van der Waals surface area contributed by atoms with Gasteiger partial charge in [-0.2, -0.15) is 0 Å². The maximum absolute atomic E-state index is 13.5. The number of pyridine rings is 1. The summed E-state index contributed by atoms with van der Waals surface area (Å²) in [6.07, 6.45) is 2.63. The van der Waals surface area contributed by atoms with Gasteiger partial charge in [0.1, 0.15) is 11.9 Å². The number of amides is 1. The van der Waals surface area contributed by atoms with Crippen LogP contribution < -0.4 is 9.80 Å². The average Bonchev–Trinajstić information content (AvgIpc) is 3.23. The smallest absolute Gasteiger partial charge is 0.262 e. The Bertz CT molecular complexity index is 1080. The molecule has 0 N–H and O–H groups in total. The molecule has 0 radical (unpaired) electrons. The molecule has 0 saturated carbocycles. The van der Waals surface area contributed by atoms with Gasteiger partial charge in [-0.1, -0.05) is 42.5 Å². The molecule has 1 saturated heterocycles. The number of rotatable bonds is 3. The first kappa shape index (κ1) is 18.8. The Morgan fingerprint density at radius 2 is 1.87 bits per heavy atom. The molecule has 1 atom stereocenters. The number of anilines is 2. The number of aryl methyl sites for hydroxylation is 1. The van der Waals surface area contributed by atoms with E-state index in [4.69, 9.17) is 4.74 Å². The highest BCUT2D eigenvalue weighted by atomic mass is 16.5. The van der Waals surface area contributed by atoms with Crippen LogP contribution in [0.4, 0.5) is 11.5 Å². The SMILES string of the molecule is Cc1ccccc1C1CN(c2ncccc2C(=O)N2CCc3ccccc32)CCO1. The van der Waals surface area contributed by atoms with Crippen molar-refractivity contribution in [2.75, 3.05) is 36.0 Å². The van der Waals surface area contributed by atoms with Crippen LogP contribution >= 0.6 is 0 Å². The molecule has 1 amide bonds. The van der Waals surface area contributed by atoms with Gasteiger partial charge in [0.2, 0.25) is 0 Å². The van der Waals surface area contributed by atoms with Gasteiger partial charge >= 0.3 is 0 Å². The van der Waals surface area contributed by atoms with E-state index in [1.54, 1.807) is 6.20 Å². The average molecular weight is 399 g/mol. The molecule has 2 aliphatic rings. The molecule has 1 aromatic heterocycles. The number of fused-ring (bicyclic) bond motifs is 1. The minimum absolute atomic E-state index is 0.0157. The van der Waals surface area contributed by atoms with Crippen molar-refractivity contribution in [2.45, 2.75) is 19.4 Å².